The molecule has 1 aliphatic rings. The number of hydrogen-bond acceptors (Lipinski definition) is 2. The number of nitrogens with zero attached hydrogens (tertiary/aromatic N) is 3. The van der Waals surface area contributed by atoms with Crippen LogP contribution in [0.5, 0.6) is 0 Å². The van der Waals surface area contributed by atoms with E-state index in [1.54, 1.807) is 0 Å². The van der Waals surface area contributed by atoms with E-state index in [9.17, 15) is 0 Å². The second-order valence-electron chi connectivity index (χ2n) is 17.0. The van der Waals surface area contributed by atoms with E-state index in [0.29, 0.717) is 5.82 Å². The Morgan fingerprint density at radius 3 is 1.79 bits per heavy atom. The van der Waals surface area contributed by atoms with Crippen molar-refractivity contribution in [2.24, 2.45) is 0 Å². The number of hydrogen-bond donors (Lipinski definition) is 0. The predicted octanol–water partition coefficient (Wildman–Crippen LogP) is 15.4. The Labute approximate surface area is 361 Å². The molecule has 2 heterocycles. The van der Waals surface area contributed by atoms with Gasteiger partial charge in [-0.3, -0.25) is 0 Å². The van der Waals surface area contributed by atoms with Crippen LogP contribution in [0.1, 0.15) is 25.0 Å². The summed E-state index contributed by atoms with van der Waals surface area (Å²) in [5.74, 6) is 0.699. The minimum absolute atomic E-state index is 0.0983. The molecule has 0 fully saturated rings. The molecule has 0 spiro atoms. The number of benzene rings is 9. The van der Waals surface area contributed by atoms with E-state index in [1.807, 2.05) is 6.07 Å². The first kappa shape index (κ1) is 36.0. The van der Waals surface area contributed by atoms with Gasteiger partial charge in [0.1, 0.15) is 0 Å². The molecule has 12 rings (SSSR count). The van der Waals surface area contributed by atoms with Gasteiger partial charge in [0, 0.05) is 38.6 Å². The molecule has 0 atom stereocenters. The molecule has 0 N–H and O–H groups in total. The third-order valence-corrected chi connectivity index (χ3v) is 13.0. The summed E-state index contributed by atoms with van der Waals surface area (Å²) in [6.07, 6.45) is 0. The number of fused-ring (bicyclic) bond motifs is 7. The lowest BCUT2D eigenvalue weighted by Gasteiger charge is -2.22. The standard InChI is InChI=1S/C59H41N3/c1-59(2)51-26-15-25-46(57(51)50-34-41-18-9-10-19-42(41)36-52(50)59)38-28-30-39(31-29-38)53-37-54(61-58(60-53)40-16-5-3-6-17-40)47-23-12-11-22-45(47)43-32-33-56-49(35-43)48-24-13-14-27-55(48)62(56)44-20-7-4-8-21-44/h3-37H,1-2H3. The van der Waals surface area contributed by atoms with Gasteiger partial charge in [-0.1, -0.05) is 178 Å². The Bertz CT molecular complexity index is 3520. The summed E-state index contributed by atoms with van der Waals surface area (Å²) in [5, 5.41) is 5.00. The fourth-order valence-electron chi connectivity index (χ4n) is 9.94. The Morgan fingerprint density at radius 1 is 0.371 bits per heavy atom. The third-order valence-electron chi connectivity index (χ3n) is 13.0. The van der Waals surface area contributed by atoms with Crippen molar-refractivity contribution in [1.82, 2.24) is 14.5 Å². The van der Waals surface area contributed by atoms with Crippen LogP contribution < -0.4 is 0 Å². The molecule has 0 saturated heterocycles. The fourth-order valence-corrected chi connectivity index (χ4v) is 9.94. The van der Waals surface area contributed by atoms with Crippen LogP contribution in [0.2, 0.25) is 0 Å². The largest absolute Gasteiger partial charge is 0.309 e. The molecule has 3 heteroatoms. The first-order chi connectivity index (χ1) is 30.5. The molecular formula is C59H41N3. The van der Waals surface area contributed by atoms with Crippen molar-refractivity contribution in [3.05, 3.63) is 223 Å². The van der Waals surface area contributed by atoms with Crippen LogP contribution in [0.25, 0.3) is 106 Å². The molecule has 0 radical (unpaired) electrons. The van der Waals surface area contributed by atoms with Gasteiger partial charge in [0.05, 0.1) is 22.4 Å². The van der Waals surface area contributed by atoms with Crippen molar-refractivity contribution < 1.29 is 0 Å². The van der Waals surface area contributed by atoms with Crippen molar-refractivity contribution in [2.75, 3.05) is 0 Å². The summed E-state index contributed by atoms with van der Waals surface area (Å²) < 4.78 is 2.36. The summed E-state index contributed by atoms with van der Waals surface area (Å²) in [6.45, 7) is 4.72. The minimum Gasteiger partial charge on any atom is -0.309 e. The van der Waals surface area contributed by atoms with Crippen LogP contribution >= 0.6 is 0 Å². The molecule has 0 saturated carbocycles. The molecule has 0 aliphatic heterocycles. The zero-order chi connectivity index (χ0) is 41.4. The van der Waals surface area contributed by atoms with Crippen LogP contribution in [0.15, 0.2) is 212 Å². The van der Waals surface area contributed by atoms with E-state index in [2.05, 4.69) is 225 Å². The molecule has 0 unspecified atom stereocenters. The number of rotatable bonds is 6. The smallest absolute Gasteiger partial charge is 0.160 e. The maximum Gasteiger partial charge on any atom is 0.160 e. The van der Waals surface area contributed by atoms with Crippen molar-refractivity contribution in [3.8, 4) is 73.0 Å². The summed E-state index contributed by atoms with van der Waals surface area (Å²) in [4.78, 5) is 10.5. The Morgan fingerprint density at radius 2 is 0.984 bits per heavy atom. The van der Waals surface area contributed by atoms with Gasteiger partial charge in [-0.25, -0.2) is 9.97 Å². The highest BCUT2D eigenvalue weighted by Crippen LogP contribution is 2.53. The molecule has 0 amide bonds. The monoisotopic (exact) mass is 791 g/mol. The Hall–Kier alpha value is -7.88. The summed E-state index contributed by atoms with van der Waals surface area (Å²) in [5.41, 5.74) is 18.4. The van der Waals surface area contributed by atoms with Crippen molar-refractivity contribution in [2.45, 2.75) is 19.3 Å². The third kappa shape index (κ3) is 5.73. The highest BCUT2D eigenvalue weighted by atomic mass is 15.0. The Kier molecular flexibility index (Phi) is 8.20. The zero-order valence-corrected chi connectivity index (χ0v) is 34.5. The van der Waals surface area contributed by atoms with E-state index in [1.165, 1.54) is 66.0 Å². The highest BCUT2D eigenvalue weighted by molar-refractivity contribution is 6.11. The van der Waals surface area contributed by atoms with Gasteiger partial charge in [0.2, 0.25) is 0 Å². The molecule has 0 bridgehead atoms. The molecule has 1 aliphatic carbocycles. The van der Waals surface area contributed by atoms with Gasteiger partial charge in [0.25, 0.3) is 0 Å². The molecule has 2 aromatic heterocycles. The molecule has 62 heavy (non-hydrogen) atoms. The van der Waals surface area contributed by atoms with Gasteiger partial charge in [-0.05, 0) is 104 Å². The van der Waals surface area contributed by atoms with Crippen LogP contribution in [0.4, 0.5) is 0 Å². The average Bonchev–Trinajstić information content (AvgIpc) is 3.78. The van der Waals surface area contributed by atoms with Gasteiger partial charge in [-0.15, -0.1) is 0 Å². The Balaban J connectivity index is 0.975. The van der Waals surface area contributed by atoms with E-state index >= 15 is 0 Å². The average molecular weight is 792 g/mol. The molecule has 3 nitrogen and oxygen atoms in total. The zero-order valence-electron chi connectivity index (χ0n) is 34.5. The maximum atomic E-state index is 5.29. The van der Waals surface area contributed by atoms with Crippen LogP contribution in [-0.2, 0) is 5.41 Å². The van der Waals surface area contributed by atoms with Gasteiger partial charge >= 0.3 is 0 Å². The number of para-hydroxylation sites is 2. The first-order valence-electron chi connectivity index (χ1n) is 21.4. The fraction of sp³-hybridized carbons (Fsp3) is 0.0508. The molecule has 292 valence electrons. The summed E-state index contributed by atoms with van der Waals surface area (Å²) >= 11 is 0. The van der Waals surface area contributed by atoms with Gasteiger partial charge in [0.15, 0.2) is 5.82 Å². The van der Waals surface area contributed by atoms with Crippen molar-refractivity contribution in [1.29, 1.82) is 0 Å². The normalized spacial score (nSPS) is 12.8. The van der Waals surface area contributed by atoms with Crippen molar-refractivity contribution in [3.63, 3.8) is 0 Å². The van der Waals surface area contributed by atoms with Crippen LogP contribution in [0.3, 0.4) is 0 Å². The summed E-state index contributed by atoms with van der Waals surface area (Å²) in [7, 11) is 0. The lowest BCUT2D eigenvalue weighted by molar-refractivity contribution is 0.661. The van der Waals surface area contributed by atoms with E-state index in [-0.39, 0.29) is 5.41 Å². The van der Waals surface area contributed by atoms with E-state index in [4.69, 9.17) is 9.97 Å². The first-order valence-corrected chi connectivity index (χ1v) is 21.4. The SMILES string of the molecule is CC1(C)c2cc3ccccc3cc2-c2c(-c3ccc(-c4cc(-c5ccccc5-c5ccc6c(c5)c5ccccc5n6-c5ccccc5)nc(-c5ccccc5)n4)cc3)cccc21. The summed E-state index contributed by atoms with van der Waals surface area (Å²) in [6, 6.07) is 76.6. The van der Waals surface area contributed by atoms with Crippen LogP contribution in [0, 0.1) is 0 Å². The minimum atomic E-state index is -0.0983. The van der Waals surface area contributed by atoms with Gasteiger partial charge in [-0.2, -0.15) is 0 Å². The van der Waals surface area contributed by atoms with Crippen LogP contribution in [-0.4, -0.2) is 14.5 Å². The quantitative estimate of drug-likeness (QED) is 0.168. The second kappa shape index (κ2) is 14.1. The van der Waals surface area contributed by atoms with Crippen molar-refractivity contribution >= 4 is 32.6 Å². The lowest BCUT2D eigenvalue weighted by Crippen LogP contribution is -2.14. The van der Waals surface area contributed by atoms with E-state index < -0.39 is 0 Å². The molecule has 9 aromatic carbocycles. The highest BCUT2D eigenvalue weighted by Gasteiger charge is 2.37. The lowest BCUT2D eigenvalue weighted by atomic mass is 9.81. The molecular weight excluding hydrogens is 751 g/mol. The molecule has 11 aromatic rings. The second-order valence-corrected chi connectivity index (χ2v) is 17.0. The van der Waals surface area contributed by atoms with Gasteiger partial charge < -0.3 is 4.57 Å². The maximum absolute atomic E-state index is 5.29. The van der Waals surface area contributed by atoms with E-state index in [0.717, 1.165) is 44.9 Å². The predicted molar refractivity (Wildman–Crippen MR) is 259 cm³/mol. The number of aromatic nitrogens is 3. The topological polar surface area (TPSA) is 30.7 Å².